The van der Waals surface area contributed by atoms with Gasteiger partial charge in [-0.15, -0.1) is 0 Å². The third-order valence-corrected chi connectivity index (χ3v) is 11.4. The van der Waals surface area contributed by atoms with E-state index in [-0.39, 0.29) is 11.5 Å². The predicted octanol–water partition coefficient (Wildman–Crippen LogP) is 6.42. The monoisotopic (exact) mass is 498 g/mol. The van der Waals surface area contributed by atoms with E-state index in [0.717, 1.165) is 61.5 Å². The quantitative estimate of drug-likeness (QED) is 0.361. The summed E-state index contributed by atoms with van der Waals surface area (Å²) in [4.78, 5) is 0. The lowest BCUT2D eigenvalue weighted by molar-refractivity contribution is -0.101. The minimum absolute atomic E-state index is 0.105. The van der Waals surface area contributed by atoms with Crippen LogP contribution in [0.1, 0.15) is 105 Å². The number of aromatic nitrogens is 2. The fraction of sp³-hybridized carbons (Fsp3) is 0.839. The molecule has 0 spiro atoms. The fourth-order valence-electron chi connectivity index (χ4n) is 9.48. The highest BCUT2D eigenvalue weighted by atomic mass is 16.5. The summed E-state index contributed by atoms with van der Waals surface area (Å²) < 4.78 is 6.17. The van der Waals surface area contributed by atoms with Gasteiger partial charge in [0.2, 0.25) is 0 Å². The minimum atomic E-state index is -0.546. The maximum Gasteiger partial charge on any atom is 0.102 e. The molecule has 0 aromatic carbocycles. The minimum Gasteiger partial charge on any atom is -0.390 e. The molecule has 0 saturated heterocycles. The van der Waals surface area contributed by atoms with Crippen molar-refractivity contribution in [3.05, 3.63) is 29.6 Å². The third kappa shape index (κ3) is 4.73. The second-order valence-electron chi connectivity index (χ2n) is 14.0. The van der Waals surface area contributed by atoms with E-state index in [1.54, 1.807) is 6.20 Å². The van der Waals surface area contributed by atoms with Crippen molar-refractivity contribution in [1.29, 1.82) is 0 Å². The first-order chi connectivity index (χ1) is 17.0. The number of aliphatic hydroxyl groups is 2. The van der Waals surface area contributed by atoms with Gasteiger partial charge in [0.15, 0.2) is 0 Å². The molecule has 3 N–H and O–H groups in total. The highest BCUT2D eigenvalue weighted by Crippen LogP contribution is 2.67. The molecule has 0 bridgehead atoms. The van der Waals surface area contributed by atoms with E-state index in [4.69, 9.17) is 4.74 Å². The van der Waals surface area contributed by atoms with Crippen molar-refractivity contribution < 1.29 is 14.9 Å². The summed E-state index contributed by atoms with van der Waals surface area (Å²) in [6, 6.07) is 1.94. The second-order valence-corrected chi connectivity index (χ2v) is 14.0. The lowest BCUT2D eigenvalue weighted by atomic mass is 9.46. The normalized spacial score (nSPS) is 41.2. The molecule has 5 heteroatoms. The lowest BCUT2D eigenvalue weighted by Gasteiger charge is -2.59. The Morgan fingerprint density at radius 3 is 2.69 bits per heavy atom. The zero-order chi connectivity index (χ0) is 25.7. The Labute approximate surface area is 218 Å². The number of nitrogens with one attached hydrogen (secondary N) is 1. The van der Waals surface area contributed by atoms with Crippen molar-refractivity contribution in [2.75, 3.05) is 0 Å². The van der Waals surface area contributed by atoms with Crippen molar-refractivity contribution in [3.63, 3.8) is 0 Å². The van der Waals surface area contributed by atoms with Crippen LogP contribution in [-0.4, -0.2) is 38.2 Å². The summed E-state index contributed by atoms with van der Waals surface area (Å²) >= 11 is 0. The summed E-state index contributed by atoms with van der Waals surface area (Å²) in [6.07, 6.45) is 15.4. The molecule has 5 nitrogen and oxygen atoms in total. The van der Waals surface area contributed by atoms with Gasteiger partial charge in [0.05, 0.1) is 24.0 Å². The van der Waals surface area contributed by atoms with Crippen LogP contribution in [0.5, 0.6) is 0 Å². The molecule has 36 heavy (non-hydrogen) atoms. The van der Waals surface area contributed by atoms with Crippen LogP contribution in [0.4, 0.5) is 0 Å². The van der Waals surface area contributed by atoms with E-state index in [1.807, 2.05) is 19.9 Å². The molecule has 3 fully saturated rings. The molecule has 0 amide bonds. The zero-order valence-corrected chi connectivity index (χ0v) is 23.3. The lowest BCUT2D eigenvalue weighted by Crippen LogP contribution is -2.54. The van der Waals surface area contributed by atoms with E-state index < -0.39 is 11.7 Å². The Hall–Kier alpha value is -1.17. The van der Waals surface area contributed by atoms with Gasteiger partial charge in [-0.25, -0.2) is 0 Å². The van der Waals surface area contributed by atoms with Crippen molar-refractivity contribution in [1.82, 2.24) is 10.2 Å². The first kappa shape index (κ1) is 26.4. The van der Waals surface area contributed by atoms with Gasteiger partial charge in [-0.2, -0.15) is 5.10 Å². The maximum atomic E-state index is 11.4. The number of aliphatic hydroxyl groups excluding tert-OH is 1. The van der Waals surface area contributed by atoms with Gasteiger partial charge in [-0.05, 0) is 117 Å². The topological polar surface area (TPSA) is 78.4 Å². The Balaban J connectivity index is 1.26. The average molecular weight is 499 g/mol. The van der Waals surface area contributed by atoms with Crippen LogP contribution < -0.4 is 0 Å². The summed E-state index contributed by atoms with van der Waals surface area (Å²) in [6.45, 7) is 11.9. The first-order valence-corrected chi connectivity index (χ1v) is 14.7. The van der Waals surface area contributed by atoms with Crippen LogP contribution in [-0.2, 0) is 11.3 Å². The smallest absolute Gasteiger partial charge is 0.102 e. The summed E-state index contributed by atoms with van der Waals surface area (Å²) in [7, 11) is 0. The summed E-state index contributed by atoms with van der Waals surface area (Å²) in [5, 5.41) is 28.5. The molecule has 1 aromatic rings. The molecule has 0 unspecified atom stereocenters. The molecule has 1 heterocycles. The maximum absolute atomic E-state index is 11.4. The number of rotatable bonds is 8. The van der Waals surface area contributed by atoms with E-state index in [9.17, 15) is 10.2 Å². The summed E-state index contributed by atoms with van der Waals surface area (Å²) in [5.74, 6) is 3.77. The van der Waals surface area contributed by atoms with Crippen LogP contribution in [0.25, 0.3) is 0 Å². The van der Waals surface area contributed by atoms with E-state index >= 15 is 0 Å². The fourth-order valence-corrected chi connectivity index (χ4v) is 9.48. The molecule has 0 radical (unpaired) electrons. The molecule has 0 aliphatic heterocycles. The van der Waals surface area contributed by atoms with Crippen molar-refractivity contribution in [2.45, 2.75) is 123 Å². The van der Waals surface area contributed by atoms with Crippen LogP contribution in [0.3, 0.4) is 0 Å². The summed E-state index contributed by atoms with van der Waals surface area (Å²) in [5.41, 5.74) is 2.23. The number of fused-ring (bicyclic) bond motifs is 5. The Morgan fingerprint density at radius 1 is 1.17 bits per heavy atom. The van der Waals surface area contributed by atoms with Crippen LogP contribution in [0, 0.1) is 40.4 Å². The van der Waals surface area contributed by atoms with Gasteiger partial charge in [0, 0.05) is 6.20 Å². The number of allylic oxidation sites excluding steroid dienone is 1. The van der Waals surface area contributed by atoms with Gasteiger partial charge in [-0.1, -0.05) is 39.7 Å². The molecule has 9 atom stereocenters. The molecule has 4 aliphatic carbocycles. The van der Waals surface area contributed by atoms with Crippen LogP contribution in [0.15, 0.2) is 23.9 Å². The molecule has 1 aromatic heterocycles. The number of H-pyrrole nitrogens is 1. The van der Waals surface area contributed by atoms with Crippen molar-refractivity contribution >= 4 is 0 Å². The van der Waals surface area contributed by atoms with E-state index in [1.165, 1.54) is 37.7 Å². The zero-order valence-electron chi connectivity index (χ0n) is 23.3. The molecule has 3 saturated carbocycles. The number of hydrogen-bond donors (Lipinski definition) is 3. The predicted molar refractivity (Wildman–Crippen MR) is 143 cm³/mol. The molecule has 202 valence electrons. The van der Waals surface area contributed by atoms with E-state index in [2.05, 4.69) is 37.0 Å². The van der Waals surface area contributed by atoms with Crippen molar-refractivity contribution in [3.8, 4) is 0 Å². The Morgan fingerprint density at radius 2 is 1.97 bits per heavy atom. The molecule has 5 rings (SSSR count). The van der Waals surface area contributed by atoms with Crippen LogP contribution >= 0.6 is 0 Å². The van der Waals surface area contributed by atoms with Gasteiger partial charge >= 0.3 is 0 Å². The molecule has 4 aliphatic rings. The number of ether oxygens (including phenoxy) is 1. The van der Waals surface area contributed by atoms with Gasteiger partial charge in [0.25, 0.3) is 0 Å². The molecular formula is C31H50N2O3. The van der Waals surface area contributed by atoms with Gasteiger partial charge < -0.3 is 14.9 Å². The second kappa shape index (κ2) is 9.85. The van der Waals surface area contributed by atoms with Crippen molar-refractivity contribution in [2.24, 2.45) is 40.4 Å². The largest absolute Gasteiger partial charge is 0.390 e. The number of aromatic amines is 1. The van der Waals surface area contributed by atoms with Gasteiger partial charge in [-0.3, -0.25) is 5.10 Å². The highest BCUT2D eigenvalue weighted by molar-refractivity contribution is 5.29. The SMILES string of the molecule is C[C@H](CCCC(C)(C)O)[C@H]1CC[C@H]2[C@@H]3CC=C4[C@@H](O)[C@@H](OCc5ccn[nH]5)CC[C@]4(C)[C@H]3CC[C@]12C. The third-order valence-electron chi connectivity index (χ3n) is 11.4. The highest BCUT2D eigenvalue weighted by Gasteiger charge is 2.60. The van der Waals surface area contributed by atoms with Gasteiger partial charge in [0.1, 0.15) is 6.10 Å². The standard InChI is InChI=1S/C31H50N2O3/c1-20(7-6-15-29(2,3)35)23-10-11-24-22-8-9-26-28(34)27(36-19-21-14-18-32-33-21)13-17-31(26,5)25(22)12-16-30(23,24)4/h9,14,18,20,22-25,27-28,34-35H,6-8,10-13,15-17,19H2,1-5H3,(H,32,33)/t20-,22+,23-,24+,25+,27+,28-,30-,31-/m1/s1. The first-order valence-electron chi connectivity index (χ1n) is 14.7. The average Bonchev–Trinajstić information content (AvgIpc) is 3.45. The van der Waals surface area contributed by atoms with E-state index in [0.29, 0.717) is 17.9 Å². The Bertz CT molecular complexity index is 921. The Kier molecular flexibility index (Phi) is 7.24. The van der Waals surface area contributed by atoms with Crippen LogP contribution in [0.2, 0.25) is 0 Å². The number of nitrogens with zero attached hydrogens (tertiary/aromatic N) is 1. The molecular weight excluding hydrogens is 448 g/mol. The number of hydrogen-bond acceptors (Lipinski definition) is 4.